The highest BCUT2D eigenvalue weighted by molar-refractivity contribution is 5.89. The van der Waals surface area contributed by atoms with Gasteiger partial charge < -0.3 is 5.73 Å². The Labute approximate surface area is 128 Å². The van der Waals surface area contributed by atoms with Crippen molar-refractivity contribution in [1.82, 2.24) is 0 Å². The summed E-state index contributed by atoms with van der Waals surface area (Å²) in [5, 5.41) is 0. The van der Waals surface area contributed by atoms with Crippen molar-refractivity contribution in [3.63, 3.8) is 0 Å². The molecule has 0 saturated carbocycles. The van der Waals surface area contributed by atoms with Crippen molar-refractivity contribution in [2.45, 2.75) is 20.3 Å². The zero-order valence-electron chi connectivity index (χ0n) is 12.5. The maximum atomic E-state index is 14.0. The second-order valence-electron chi connectivity index (χ2n) is 5.60. The van der Waals surface area contributed by atoms with Crippen LogP contribution >= 0.6 is 0 Å². The van der Waals surface area contributed by atoms with Crippen molar-refractivity contribution in [3.05, 3.63) is 71.0 Å². The van der Waals surface area contributed by atoms with E-state index in [1.807, 2.05) is 44.2 Å². The molecule has 0 aliphatic rings. The third kappa shape index (κ3) is 3.50. The van der Waals surface area contributed by atoms with Crippen LogP contribution in [0.5, 0.6) is 0 Å². The minimum absolute atomic E-state index is 0.00917. The molecule has 0 aliphatic carbocycles. The van der Waals surface area contributed by atoms with Crippen LogP contribution in [-0.2, 0) is 0 Å². The summed E-state index contributed by atoms with van der Waals surface area (Å²) in [5.74, 6) is -2.70. The van der Waals surface area contributed by atoms with E-state index in [1.165, 1.54) is 0 Å². The van der Waals surface area contributed by atoms with Crippen LogP contribution in [-0.4, -0.2) is 0 Å². The Morgan fingerprint density at radius 2 is 1.55 bits per heavy atom. The van der Waals surface area contributed by atoms with E-state index in [4.69, 9.17) is 5.73 Å². The minimum Gasteiger partial charge on any atom is -0.398 e. The monoisotopic (exact) mass is 305 g/mol. The molecule has 0 bridgehead atoms. The number of halogens is 3. The fraction of sp³-hybridized carbons (Fsp3) is 0.222. The van der Waals surface area contributed by atoms with Gasteiger partial charge in [-0.2, -0.15) is 0 Å². The first kappa shape index (κ1) is 16.1. The highest BCUT2D eigenvalue weighted by atomic mass is 19.1. The van der Waals surface area contributed by atoms with Crippen molar-refractivity contribution in [1.29, 1.82) is 0 Å². The van der Waals surface area contributed by atoms with Gasteiger partial charge in [0.2, 0.25) is 0 Å². The number of allylic oxidation sites excluding steroid dienone is 1. The third-order valence-corrected chi connectivity index (χ3v) is 3.34. The molecule has 0 radical (unpaired) electrons. The molecular weight excluding hydrogens is 287 g/mol. The molecule has 22 heavy (non-hydrogen) atoms. The van der Waals surface area contributed by atoms with Crippen molar-refractivity contribution in [2.24, 2.45) is 11.7 Å². The van der Waals surface area contributed by atoms with Gasteiger partial charge in [-0.25, -0.2) is 13.2 Å². The summed E-state index contributed by atoms with van der Waals surface area (Å²) in [7, 11) is 0. The normalized spacial score (nSPS) is 12.5. The lowest BCUT2D eigenvalue weighted by Crippen LogP contribution is -2.08. The van der Waals surface area contributed by atoms with E-state index in [-0.39, 0.29) is 17.2 Å². The molecule has 1 nitrogen and oxygen atoms in total. The first-order valence-corrected chi connectivity index (χ1v) is 7.09. The molecule has 0 saturated heterocycles. The van der Waals surface area contributed by atoms with Gasteiger partial charge in [0.1, 0.15) is 17.5 Å². The van der Waals surface area contributed by atoms with Gasteiger partial charge in [-0.05, 0) is 23.5 Å². The number of hydrogen-bond donors (Lipinski definition) is 1. The Balaban J connectivity index is 2.65. The molecule has 2 aromatic rings. The minimum atomic E-state index is -0.993. The highest BCUT2D eigenvalue weighted by Gasteiger charge is 2.18. The van der Waals surface area contributed by atoms with E-state index < -0.39 is 17.5 Å². The standard InChI is InChI=1S/C18H18F3N/c1-11(2)8-14(12-6-4-3-5-7-12)18(22)17-15(20)9-13(19)10-16(17)21/h3-7,9-11H,8,22H2,1-2H3/b18-14+. The second kappa shape index (κ2) is 6.69. The van der Waals surface area contributed by atoms with Crippen LogP contribution < -0.4 is 5.73 Å². The van der Waals surface area contributed by atoms with Gasteiger partial charge in [0.15, 0.2) is 0 Å². The van der Waals surface area contributed by atoms with Crippen LogP contribution in [0.15, 0.2) is 42.5 Å². The van der Waals surface area contributed by atoms with Crippen LogP contribution in [0.1, 0.15) is 31.4 Å². The Kier molecular flexibility index (Phi) is 4.91. The first-order valence-electron chi connectivity index (χ1n) is 7.09. The molecule has 0 amide bonds. The smallest absolute Gasteiger partial charge is 0.138 e. The van der Waals surface area contributed by atoms with Crippen molar-refractivity contribution < 1.29 is 13.2 Å². The first-order chi connectivity index (χ1) is 10.4. The SMILES string of the molecule is CC(C)C/C(=C(\N)c1c(F)cc(F)cc1F)c1ccccc1. The predicted molar refractivity (Wildman–Crippen MR) is 83.2 cm³/mol. The van der Waals surface area contributed by atoms with E-state index in [0.717, 1.165) is 5.56 Å². The van der Waals surface area contributed by atoms with Crippen LogP contribution in [0.3, 0.4) is 0 Å². The van der Waals surface area contributed by atoms with Gasteiger partial charge >= 0.3 is 0 Å². The molecule has 0 spiro atoms. The van der Waals surface area contributed by atoms with E-state index in [9.17, 15) is 13.2 Å². The number of rotatable bonds is 4. The van der Waals surface area contributed by atoms with Gasteiger partial charge in [0, 0.05) is 17.8 Å². The topological polar surface area (TPSA) is 26.0 Å². The van der Waals surface area contributed by atoms with E-state index in [1.54, 1.807) is 0 Å². The molecule has 0 aromatic heterocycles. The van der Waals surface area contributed by atoms with E-state index in [0.29, 0.717) is 24.1 Å². The Hall–Kier alpha value is -2.23. The highest BCUT2D eigenvalue weighted by Crippen LogP contribution is 2.31. The van der Waals surface area contributed by atoms with Crippen LogP contribution in [0.2, 0.25) is 0 Å². The fourth-order valence-corrected chi connectivity index (χ4v) is 2.38. The fourth-order valence-electron chi connectivity index (χ4n) is 2.38. The quantitative estimate of drug-likeness (QED) is 0.792. The molecule has 2 N–H and O–H groups in total. The van der Waals surface area contributed by atoms with Crippen LogP contribution in [0.4, 0.5) is 13.2 Å². The van der Waals surface area contributed by atoms with Crippen molar-refractivity contribution in [3.8, 4) is 0 Å². The zero-order valence-corrected chi connectivity index (χ0v) is 12.5. The number of nitrogens with two attached hydrogens (primary N) is 1. The molecule has 2 rings (SSSR count). The Morgan fingerprint density at radius 1 is 1.00 bits per heavy atom. The Morgan fingerprint density at radius 3 is 2.05 bits per heavy atom. The predicted octanol–water partition coefficient (Wildman–Crippen LogP) is 4.98. The van der Waals surface area contributed by atoms with Crippen molar-refractivity contribution >= 4 is 11.3 Å². The summed E-state index contributed by atoms with van der Waals surface area (Å²) in [6.07, 6.45) is 0.562. The maximum absolute atomic E-state index is 14.0. The number of benzene rings is 2. The summed E-state index contributed by atoms with van der Waals surface area (Å²) >= 11 is 0. The van der Waals surface area contributed by atoms with Gasteiger partial charge in [0.25, 0.3) is 0 Å². The number of hydrogen-bond acceptors (Lipinski definition) is 1. The lowest BCUT2D eigenvalue weighted by atomic mass is 9.92. The molecule has 2 aromatic carbocycles. The zero-order chi connectivity index (χ0) is 16.3. The molecule has 0 aliphatic heterocycles. The van der Waals surface area contributed by atoms with Crippen LogP contribution in [0, 0.1) is 23.4 Å². The van der Waals surface area contributed by atoms with E-state index in [2.05, 4.69) is 0 Å². The second-order valence-corrected chi connectivity index (χ2v) is 5.60. The third-order valence-electron chi connectivity index (χ3n) is 3.34. The molecule has 116 valence electrons. The summed E-state index contributed by atoms with van der Waals surface area (Å²) in [4.78, 5) is 0. The Bertz CT molecular complexity index is 668. The molecule has 4 heteroatoms. The lowest BCUT2D eigenvalue weighted by Gasteiger charge is -2.16. The van der Waals surface area contributed by atoms with Gasteiger partial charge in [-0.15, -0.1) is 0 Å². The largest absolute Gasteiger partial charge is 0.398 e. The molecular formula is C18H18F3N. The summed E-state index contributed by atoms with van der Waals surface area (Å²) in [6, 6.07) is 10.5. The summed E-state index contributed by atoms with van der Waals surface area (Å²) in [5.41, 5.74) is 7.14. The average Bonchev–Trinajstić information content (AvgIpc) is 2.44. The lowest BCUT2D eigenvalue weighted by molar-refractivity contribution is 0.538. The molecule has 0 atom stereocenters. The molecule has 0 heterocycles. The summed E-state index contributed by atoms with van der Waals surface area (Å²) in [6.45, 7) is 3.99. The van der Waals surface area contributed by atoms with Crippen LogP contribution in [0.25, 0.3) is 11.3 Å². The van der Waals surface area contributed by atoms with Gasteiger partial charge in [-0.1, -0.05) is 44.2 Å². The molecule has 0 unspecified atom stereocenters. The average molecular weight is 305 g/mol. The van der Waals surface area contributed by atoms with Gasteiger partial charge in [-0.3, -0.25) is 0 Å². The summed E-state index contributed by atoms with van der Waals surface area (Å²) < 4.78 is 41.0. The molecule has 0 fully saturated rings. The van der Waals surface area contributed by atoms with Gasteiger partial charge in [0.05, 0.1) is 5.56 Å². The maximum Gasteiger partial charge on any atom is 0.138 e. The van der Waals surface area contributed by atoms with Crippen molar-refractivity contribution in [2.75, 3.05) is 0 Å². The van der Waals surface area contributed by atoms with E-state index >= 15 is 0 Å².